The second-order valence-corrected chi connectivity index (χ2v) is 7.22. The zero-order valence-corrected chi connectivity index (χ0v) is 16.0. The number of para-hydroxylation sites is 1. The van der Waals surface area contributed by atoms with Crippen molar-refractivity contribution in [2.24, 2.45) is 0 Å². The number of hydrogen-bond acceptors (Lipinski definition) is 4. The number of benzene rings is 2. The summed E-state index contributed by atoms with van der Waals surface area (Å²) in [4.78, 5) is 16.1. The number of hydrogen-bond donors (Lipinski definition) is 1. The molecular formula is C18H12BrF3N2O2S. The lowest BCUT2D eigenvalue weighted by Crippen LogP contribution is -2.18. The monoisotopic (exact) mass is 456 g/mol. The molecule has 9 heteroatoms. The average Bonchev–Trinajstić information content (AvgIpc) is 3.09. The fraction of sp³-hybridized carbons (Fsp3) is 0.111. The number of amides is 1. The van der Waals surface area contributed by atoms with Crippen LogP contribution in [0.1, 0.15) is 5.56 Å². The minimum absolute atomic E-state index is 0.134. The summed E-state index contributed by atoms with van der Waals surface area (Å²) < 4.78 is 45.3. The lowest BCUT2D eigenvalue weighted by atomic mass is 10.1. The molecule has 0 bridgehead atoms. The molecule has 0 spiro atoms. The molecule has 2 aromatic carbocycles. The van der Waals surface area contributed by atoms with E-state index in [1.54, 1.807) is 0 Å². The first-order valence-electron chi connectivity index (χ1n) is 7.63. The number of nitrogens with one attached hydrogen (secondary N) is 1. The number of aromatic nitrogens is 1. The summed E-state index contributed by atoms with van der Waals surface area (Å²) in [6.45, 7) is 0. The van der Waals surface area contributed by atoms with E-state index in [1.807, 2.05) is 24.3 Å². The molecule has 0 aliphatic carbocycles. The number of oxazole rings is 1. The van der Waals surface area contributed by atoms with E-state index < -0.39 is 17.6 Å². The van der Waals surface area contributed by atoms with Crippen LogP contribution in [0, 0.1) is 0 Å². The maximum Gasteiger partial charge on any atom is 0.418 e. The van der Waals surface area contributed by atoms with Crippen molar-refractivity contribution in [3.8, 4) is 11.3 Å². The van der Waals surface area contributed by atoms with Crippen LogP contribution in [0.2, 0.25) is 0 Å². The quantitative estimate of drug-likeness (QED) is 0.489. The second-order valence-electron chi connectivity index (χ2n) is 5.38. The van der Waals surface area contributed by atoms with Gasteiger partial charge in [0.2, 0.25) is 5.91 Å². The summed E-state index contributed by atoms with van der Waals surface area (Å²) in [5.74, 6) is -0.189. The van der Waals surface area contributed by atoms with Gasteiger partial charge in [-0.3, -0.25) is 4.79 Å². The number of carbonyl (C=O) groups excluding carboxylic acids is 1. The molecule has 3 rings (SSSR count). The van der Waals surface area contributed by atoms with Crippen molar-refractivity contribution < 1.29 is 22.4 Å². The fourth-order valence-electron chi connectivity index (χ4n) is 2.25. The highest BCUT2D eigenvalue weighted by molar-refractivity contribution is 9.10. The molecule has 27 heavy (non-hydrogen) atoms. The molecule has 3 aromatic rings. The topological polar surface area (TPSA) is 55.1 Å². The number of alkyl halides is 3. The van der Waals surface area contributed by atoms with Gasteiger partial charge in [-0.15, -0.1) is 0 Å². The highest BCUT2D eigenvalue weighted by Crippen LogP contribution is 2.34. The van der Waals surface area contributed by atoms with Crippen LogP contribution >= 0.6 is 27.7 Å². The Morgan fingerprint density at radius 3 is 2.70 bits per heavy atom. The van der Waals surface area contributed by atoms with Gasteiger partial charge in [-0.25, -0.2) is 4.98 Å². The van der Waals surface area contributed by atoms with Gasteiger partial charge in [0.1, 0.15) is 0 Å². The third-order valence-electron chi connectivity index (χ3n) is 3.43. The molecule has 0 saturated carbocycles. The number of rotatable bonds is 5. The van der Waals surface area contributed by atoms with Crippen LogP contribution in [0.15, 0.2) is 68.8 Å². The van der Waals surface area contributed by atoms with E-state index in [0.29, 0.717) is 5.76 Å². The summed E-state index contributed by atoms with van der Waals surface area (Å²) in [5, 5.41) is 2.53. The van der Waals surface area contributed by atoms with Crippen molar-refractivity contribution in [3.05, 3.63) is 64.8 Å². The van der Waals surface area contributed by atoms with E-state index in [1.165, 1.54) is 24.4 Å². The highest BCUT2D eigenvalue weighted by Gasteiger charge is 2.33. The van der Waals surface area contributed by atoms with E-state index in [4.69, 9.17) is 4.42 Å². The Balaban J connectivity index is 1.62. The van der Waals surface area contributed by atoms with Gasteiger partial charge in [-0.1, -0.05) is 52.0 Å². The summed E-state index contributed by atoms with van der Waals surface area (Å²) >= 11 is 4.37. The maximum absolute atomic E-state index is 13.0. The number of carbonyl (C=O) groups is 1. The molecule has 0 radical (unpaired) electrons. The zero-order valence-electron chi connectivity index (χ0n) is 13.6. The third-order valence-corrected chi connectivity index (χ3v) is 4.76. The van der Waals surface area contributed by atoms with E-state index >= 15 is 0 Å². The van der Waals surface area contributed by atoms with Crippen LogP contribution in [-0.4, -0.2) is 16.6 Å². The molecule has 0 saturated heterocycles. The van der Waals surface area contributed by atoms with Crippen LogP contribution in [0.5, 0.6) is 0 Å². The fourth-order valence-corrected chi connectivity index (χ4v) is 3.25. The first-order chi connectivity index (χ1) is 12.8. The Morgan fingerprint density at radius 1 is 1.19 bits per heavy atom. The van der Waals surface area contributed by atoms with Gasteiger partial charge < -0.3 is 9.73 Å². The van der Waals surface area contributed by atoms with E-state index in [2.05, 4.69) is 26.2 Å². The van der Waals surface area contributed by atoms with Gasteiger partial charge in [0.05, 0.1) is 23.2 Å². The van der Waals surface area contributed by atoms with Crippen LogP contribution < -0.4 is 5.32 Å². The smallest absolute Gasteiger partial charge is 0.418 e. The Kier molecular flexibility index (Phi) is 5.91. The van der Waals surface area contributed by atoms with Crippen molar-refractivity contribution >= 4 is 39.3 Å². The molecule has 140 valence electrons. The standard InChI is InChI=1S/C18H12BrF3N2O2S/c19-12-5-3-4-11(8-12)15-9-23-17(26-15)27-10-16(25)24-14-7-2-1-6-13(14)18(20,21)22/h1-9H,10H2,(H,24,25). The molecule has 1 aromatic heterocycles. The summed E-state index contributed by atoms with van der Waals surface area (Å²) in [7, 11) is 0. The van der Waals surface area contributed by atoms with Gasteiger partial charge in [0.25, 0.3) is 5.22 Å². The van der Waals surface area contributed by atoms with Gasteiger partial charge in [0.15, 0.2) is 5.76 Å². The largest absolute Gasteiger partial charge is 0.431 e. The molecule has 0 aliphatic rings. The molecule has 0 fully saturated rings. The summed E-state index contributed by atoms with van der Waals surface area (Å²) in [6.07, 6.45) is -3.01. The Morgan fingerprint density at radius 2 is 1.96 bits per heavy atom. The Bertz CT molecular complexity index is 960. The molecule has 1 amide bonds. The molecule has 4 nitrogen and oxygen atoms in total. The first-order valence-corrected chi connectivity index (χ1v) is 9.41. The number of thioether (sulfide) groups is 1. The van der Waals surface area contributed by atoms with Crippen molar-refractivity contribution in [1.29, 1.82) is 0 Å². The number of halogens is 4. The normalized spacial score (nSPS) is 11.4. The zero-order chi connectivity index (χ0) is 19.4. The number of anilines is 1. The van der Waals surface area contributed by atoms with Crippen molar-refractivity contribution in [1.82, 2.24) is 4.98 Å². The lowest BCUT2D eigenvalue weighted by molar-refractivity contribution is -0.137. The summed E-state index contributed by atoms with van der Waals surface area (Å²) in [6, 6.07) is 12.2. The van der Waals surface area contributed by atoms with Crippen LogP contribution in [0.25, 0.3) is 11.3 Å². The first kappa shape index (κ1) is 19.5. The second kappa shape index (κ2) is 8.18. The molecule has 0 atom stereocenters. The molecule has 0 aliphatic heterocycles. The SMILES string of the molecule is O=C(CSc1ncc(-c2cccc(Br)c2)o1)Nc1ccccc1C(F)(F)F. The molecule has 1 heterocycles. The average molecular weight is 457 g/mol. The minimum Gasteiger partial charge on any atom is -0.431 e. The maximum atomic E-state index is 13.0. The van der Waals surface area contributed by atoms with Gasteiger partial charge >= 0.3 is 6.18 Å². The van der Waals surface area contributed by atoms with Crippen molar-refractivity contribution in [2.75, 3.05) is 11.1 Å². The van der Waals surface area contributed by atoms with E-state index in [9.17, 15) is 18.0 Å². The predicted molar refractivity (Wildman–Crippen MR) is 100 cm³/mol. The summed E-state index contributed by atoms with van der Waals surface area (Å²) in [5.41, 5.74) is -0.360. The van der Waals surface area contributed by atoms with Gasteiger partial charge in [0, 0.05) is 10.0 Å². The number of nitrogens with zero attached hydrogens (tertiary/aromatic N) is 1. The van der Waals surface area contributed by atoms with Crippen molar-refractivity contribution in [2.45, 2.75) is 11.4 Å². The molecule has 1 N–H and O–H groups in total. The Hall–Kier alpha value is -2.26. The highest BCUT2D eigenvalue weighted by atomic mass is 79.9. The third kappa shape index (κ3) is 5.14. The minimum atomic E-state index is -4.54. The van der Waals surface area contributed by atoms with Crippen LogP contribution in [0.4, 0.5) is 18.9 Å². The van der Waals surface area contributed by atoms with Gasteiger partial charge in [-0.2, -0.15) is 13.2 Å². The molecular weight excluding hydrogens is 445 g/mol. The van der Waals surface area contributed by atoms with Crippen LogP contribution in [-0.2, 0) is 11.0 Å². The van der Waals surface area contributed by atoms with Crippen LogP contribution in [0.3, 0.4) is 0 Å². The predicted octanol–water partition coefficient (Wildman–Crippen LogP) is 5.85. The van der Waals surface area contributed by atoms with E-state index in [0.717, 1.165) is 27.9 Å². The lowest BCUT2D eigenvalue weighted by Gasteiger charge is -2.13. The van der Waals surface area contributed by atoms with Crippen molar-refractivity contribution in [3.63, 3.8) is 0 Å². The van der Waals surface area contributed by atoms with Gasteiger partial charge in [-0.05, 0) is 24.3 Å². The van der Waals surface area contributed by atoms with E-state index in [-0.39, 0.29) is 16.7 Å². The Labute approximate surface area is 165 Å². The molecule has 0 unspecified atom stereocenters.